The molecule has 25 heavy (non-hydrogen) atoms. The van der Waals surface area contributed by atoms with E-state index in [0.29, 0.717) is 0 Å². The zero-order valence-corrected chi connectivity index (χ0v) is 16.4. The van der Waals surface area contributed by atoms with Gasteiger partial charge in [0.1, 0.15) is 5.75 Å². The molecular formula is C20H31ClN2O2. The minimum atomic E-state index is 0. The Hall–Kier alpha value is -1.26. The number of nitrogens with zero attached hydrogens (tertiary/aromatic N) is 1. The van der Waals surface area contributed by atoms with Gasteiger partial charge in [0.05, 0.1) is 0 Å². The Balaban J connectivity index is 0.00000225. The SMILES string of the molecule is CC(C)(C)c1ccc(OCC(=O)N2CC[C@@H]3CNC[C@@H]3CC2)cc1.Cl. The van der Waals surface area contributed by atoms with Crippen LogP contribution in [0.25, 0.3) is 0 Å². The third-order valence-electron chi connectivity index (χ3n) is 5.45. The Bertz CT molecular complexity index is 554. The van der Waals surface area contributed by atoms with Gasteiger partial charge in [-0.25, -0.2) is 0 Å². The van der Waals surface area contributed by atoms with Gasteiger partial charge in [0, 0.05) is 13.1 Å². The lowest BCUT2D eigenvalue weighted by molar-refractivity contribution is -0.133. The van der Waals surface area contributed by atoms with Crippen LogP contribution in [0.4, 0.5) is 0 Å². The lowest BCUT2D eigenvalue weighted by atomic mass is 9.87. The lowest BCUT2D eigenvalue weighted by Gasteiger charge is -2.21. The molecule has 5 heteroatoms. The van der Waals surface area contributed by atoms with Gasteiger partial charge in [0.15, 0.2) is 6.61 Å². The van der Waals surface area contributed by atoms with E-state index in [9.17, 15) is 4.79 Å². The standard InChI is InChI=1S/C20H30N2O2.ClH/c1-20(2,3)17-4-6-18(7-5-17)24-14-19(23)22-10-8-15-12-21-13-16(15)9-11-22;/h4-7,15-16,21H,8-14H2,1-3H3;1H/t15-,16+;. The van der Waals surface area contributed by atoms with Gasteiger partial charge in [0.2, 0.25) is 0 Å². The maximum Gasteiger partial charge on any atom is 0.260 e. The largest absolute Gasteiger partial charge is 0.484 e. The van der Waals surface area contributed by atoms with Crippen LogP contribution >= 0.6 is 12.4 Å². The molecule has 3 rings (SSSR count). The van der Waals surface area contributed by atoms with Gasteiger partial charge in [0.25, 0.3) is 5.91 Å². The first kappa shape index (κ1) is 20.1. The number of fused-ring (bicyclic) bond motifs is 1. The highest BCUT2D eigenvalue weighted by Crippen LogP contribution is 2.27. The van der Waals surface area contributed by atoms with E-state index in [-0.39, 0.29) is 30.3 Å². The number of nitrogens with one attached hydrogen (secondary N) is 1. The molecule has 1 aromatic rings. The van der Waals surface area contributed by atoms with E-state index in [0.717, 1.165) is 56.6 Å². The number of carbonyl (C=O) groups is 1. The number of rotatable bonds is 3. The molecule has 0 radical (unpaired) electrons. The van der Waals surface area contributed by atoms with Crippen LogP contribution in [0.1, 0.15) is 39.2 Å². The molecule has 4 nitrogen and oxygen atoms in total. The average molecular weight is 367 g/mol. The average Bonchev–Trinajstić information content (AvgIpc) is 2.90. The summed E-state index contributed by atoms with van der Waals surface area (Å²) in [5, 5.41) is 3.47. The van der Waals surface area contributed by atoms with E-state index < -0.39 is 0 Å². The molecule has 0 aliphatic carbocycles. The fraction of sp³-hybridized carbons (Fsp3) is 0.650. The number of amides is 1. The summed E-state index contributed by atoms with van der Waals surface area (Å²) >= 11 is 0. The van der Waals surface area contributed by atoms with Crippen molar-refractivity contribution in [3.63, 3.8) is 0 Å². The van der Waals surface area contributed by atoms with Crippen molar-refractivity contribution in [2.45, 2.75) is 39.0 Å². The zero-order chi connectivity index (χ0) is 17.2. The minimum absolute atomic E-state index is 0. The summed E-state index contributed by atoms with van der Waals surface area (Å²) in [5.74, 6) is 2.37. The molecule has 1 aromatic carbocycles. The van der Waals surface area contributed by atoms with Gasteiger partial charge in [-0.1, -0.05) is 32.9 Å². The smallest absolute Gasteiger partial charge is 0.260 e. The molecule has 0 spiro atoms. The van der Waals surface area contributed by atoms with E-state index in [1.165, 1.54) is 5.56 Å². The molecule has 2 atom stereocenters. The highest BCUT2D eigenvalue weighted by Gasteiger charge is 2.31. The van der Waals surface area contributed by atoms with Crippen LogP contribution in [0.5, 0.6) is 5.75 Å². The number of ether oxygens (including phenoxy) is 1. The molecule has 0 aromatic heterocycles. The zero-order valence-electron chi connectivity index (χ0n) is 15.6. The van der Waals surface area contributed by atoms with Gasteiger partial charge < -0.3 is 15.0 Å². The second kappa shape index (κ2) is 8.41. The Kier molecular flexibility index (Phi) is 6.75. The van der Waals surface area contributed by atoms with E-state index >= 15 is 0 Å². The summed E-state index contributed by atoms with van der Waals surface area (Å²) in [6.45, 7) is 10.7. The fourth-order valence-corrected chi connectivity index (χ4v) is 3.76. The molecule has 0 bridgehead atoms. The minimum Gasteiger partial charge on any atom is -0.484 e. The second-order valence-electron chi connectivity index (χ2n) is 8.20. The Labute approximate surface area is 157 Å². The number of benzene rings is 1. The molecule has 2 aliphatic heterocycles. The van der Waals surface area contributed by atoms with Crippen molar-refractivity contribution in [1.29, 1.82) is 0 Å². The van der Waals surface area contributed by atoms with E-state index in [1.54, 1.807) is 0 Å². The van der Waals surface area contributed by atoms with Crippen molar-refractivity contribution in [2.24, 2.45) is 11.8 Å². The van der Waals surface area contributed by atoms with E-state index in [1.807, 2.05) is 17.0 Å². The second-order valence-corrected chi connectivity index (χ2v) is 8.20. The molecule has 1 N–H and O–H groups in total. The van der Waals surface area contributed by atoms with Gasteiger partial charge in [-0.3, -0.25) is 4.79 Å². The van der Waals surface area contributed by atoms with Crippen molar-refractivity contribution >= 4 is 18.3 Å². The van der Waals surface area contributed by atoms with Crippen LogP contribution in [-0.2, 0) is 10.2 Å². The van der Waals surface area contributed by atoms with Crippen molar-refractivity contribution < 1.29 is 9.53 Å². The van der Waals surface area contributed by atoms with Crippen LogP contribution in [0.2, 0.25) is 0 Å². The fourth-order valence-electron chi connectivity index (χ4n) is 3.76. The van der Waals surface area contributed by atoms with Crippen LogP contribution in [0.15, 0.2) is 24.3 Å². The monoisotopic (exact) mass is 366 g/mol. The summed E-state index contributed by atoms with van der Waals surface area (Å²) in [6, 6.07) is 8.10. The van der Waals surface area contributed by atoms with Crippen LogP contribution in [-0.4, -0.2) is 43.6 Å². The van der Waals surface area contributed by atoms with Crippen LogP contribution in [0.3, 0.4) is 0 Å². The predicted octanol–water partition coefficient (Wildman–Crippen LogP) is 3.24. The first-order valence-electron chi connectivity index (χ1n) is 9.15. The van der Waals surface area contributed by atoms with E-state index in [2.05, 4.69) is 38.2 Å². The molecule has 0 saturated carbocycles. The Morgan fingerprint density at radius 1 is 1.12 bits per heavy atom. The topological polar surface area (TPSA) is 41.6 Å². The van der Waals surface area contributed by atoms with E-state index in [4.69, 9.17) is 4.74 Å². The lowest BCUT2D eigenvalue weighted by Crippen LogP contribution is -2.36. The van der Waals surface area contributed by atoms with Gasteiger partial charge in [-0.2, -0.15) is 0 Å². The molecular weight excluding hydrogens is 336 g/mol. The molecule has 2 saturated heterocycles. The normalized spacial score (nSPS) is 23.4. The van der Waals surface area contributed by atoms with Crippen molar-refractivity contribution in [2.75, 3.05) is 32.8 Å². The predicted molar refractivity (Wildman–Crippen MR) is 104 cm³/mol. The molecule has 1 amide bonds. The van der Waals surface area contributed by atoms with Gasteiger partial charge >= 0.3 is 0 Å². The quantitative estimate of drug-likeness (QED) is 0.892. The highest BCUT2D eigenvalue weighted by atomic mass is 35.5. The van der Waals surface area contributed by atoms with Crippen molar-refractivity contribution in [1.82, 2.24) is 10.2 Å². The van der Waals surface area contributed by atoms with Crippen LogP contribution in [0, 0.1) is 11.8 Å². The first-order chi connectivity index (χ1) is 11.4. The summed E-state index contributed by atoms with van der Waals surface area (Å²) in [5.41, 5.74) is 1.40. The summed E-state index contributed by atoms with van der Waals surface area (Å²) in [6.07, 6.45) is 2.23. The number of carbonyl (C=O) groups excluding carboxylic acids is 1. The van der Waals surface area contributed by atoms with Crippen LogP contribution < -0.4 is 10.1 Å². The summed E-state index contributed by atoms with van der Waals surface area (Å²) in [7, 11) is 0. The third kappa shape index (κ3) is 5.11. The Morgan fingerprint density at radius 2 is 1.68 bits per heavy atom. The Morgan fingerprint density at radius 3 is 2.20 bits per heavy atom. The summed E-state index contributed by atoms with van der Waals surface area (Å²) < 4.78 is 5.72. The summed E-state index contributed by atoms with van der Waals surface area (Å²) in [4.78, 5) is 14.4. The first-order valence-corrected chi connectivity index (χ1v) is 9.15. The maximum absolute atomic E-state index is 12.5. The third-order valence-corrected chi connectivity index (χ3v) is 5.45. The number of likely N-dealkylation sites (tertiary alicyclic amines) is 1. The van der Waals surface area contributed by atoms with Gasteiger partial charge in [-0.15, -0.1) is 12.4 Å². The number of hydrogen-bond donors (Lipinski definition) is 1. The molecule has 140 valence electrons. The van der Waals surface area contributed by atoms with Gasteiger partial charge in [-0.05, 0) is 60.9 Å². The maximum atomic E-state index is 12.5. The number of halogens is 1. The molecule has 2 fully saturated rings. The number of hydrogen-bond acceptors (Lipinski definition) is 3. The molecule has 2 aliphatic rings. The molecule has 2 heterocycles. The highest BCUT2D eigenvalue weighted by molar-refractivity contribution is 5.85. The van der Waals surface area contributed by atoms with Crippen molar-refractivity contribution in [3.8, 4) is 5.75 Å². The van der Waals surface area contributed by atoms with Crippen molar-refractivity contribution in [3.05, 3.63) is 29.8 Å². The molecule has 0 unspecified atom stereocenters.